The smallest absolute Gasteiger partial charge is 0.258 e. The fourth-order valence-corrected chi connectivity index (χ4v) is 0.955. The average molecular weight is 228 g/mol. The first-order valence-electron chi connectivity index (χ1n) is 4.23. The van der Waals surface area contributed by atoms with Gasteiger partial charge in [-0.1, -0.05) is 17.0 Å². The zero-order valence-corrected chi connectivity index (χ0v) is 8.36. The highest BCUT2D eigenvalue weighted by atomic mass is 16.6. The van der Waals surface area contributed by atoms with Gasteiger partial charge in [0.2, 0.25) is 5.69 Å². The van der Waals surface area contributed by atoms with Crippen LogP contribution in [0.2, 0.25) is 0 Å². The van der Waals surface area contributed by atoms with Crippen molar-refractivity contribution in [3.8, 4) is 17.9 Å². The van der Waals surface area contributed by atoms with Gasteiger partial charge in [0.1, 0.15) is 6.07 Å². The SMILES string of the molecule is N#Cc1ncc(C#CCN=[N+]=[N-])cc1[N+](=O)[O-]. The summed E-state index contributed by atoms with van der Waals surface area (Å²) in [6, 6.07) is 2.76. The molecule has 0 saturated heterocycles. The third kappa shape index (κ3) is 3.20. The predicted octanol–water partition coefficient (Wildman–Crippen LogP) is 1.52. The Morgan fingerprint density at radius 1 is 1.71 bits per heavy atom. The number of aromatic nitrogens is 1. The quantitative estimate of drug-likeness (QED) is 0.190. The lowest BCUT2D eigenvalue weighted by Gasteiger charge is -1.94. The lowest BCUT2D eigenvalue weighted by atomic mass is 10.2. The third-order valence-corrected chi connectivity index (χ3v) is 1.62. The Bertz CT molecular complexity index is 600. The van der Waals surface area contributed by atoms with E-state index >= 15 is 0 Å². The van der Waals surface area contributed by atoms with E-state index in [1.807, 2.05) is 0 Å². The maximum absolute atomic E-state index is 10.6. The standard InChI is InChI=1S/C9H4N6O2/c10-5-8-9(15(16)17)4-7(6-12-8)2-1-3-13-14-11/h4,6H,3H2. The largest absolute Gasteiger partial charge is 0.306 e. The molecule has 0 spiro atoms. The molecular weight excluding hydrogens is 224 g/mol. The monoisotopic (exact) mass is 228 g/mol. The van der Waals surface area contributed by atoms with Crippen LogP contribution in [-0.4, -0.2) is 16.5 Å². The van der Waals surface area contributed by atoms with Gasteiger partial charge in [-0.05, 0) is 5.53 Å². The first-order valence-corrected chi connectivity index (χ1v) is 4.23. The molecule has 82 valence electrons. The number of azide groups is 1. The van der Waals surface area contributed by atoms with Gasteiger partial charge in [0.05, 0.1) is 11.5 Å². The van der Waals surface area contributed by atoms with Crippen LogP contribution < -0.4 is 0 Å². The van der Waals surface area contributed by atoms with Crippen LogP contribution in [0.4, 0.5) is 5.69 Å². The summed E-state index contributed by atoms with van der Waals surface area (Å²) in [6.45, 7) is -0.0374. The Kier molecular flexibility index (Phi) is 4.02. The third-order valence-electron chi connectivity index (χ3n) is 1.62. The number of nitriles is 1. The van der Waals surface area contributed by atoms with Crippen molar-refractivity contribution < 1.29 is 4.92 Å². The minimum atomic E-state index is -0.704. The molecule has 0 aliphatic carbocycles. The number of pyridine rings is 1. The summed E-state index contributed by atoms with van der Waals surface area (Å²) in [5.41, 5.74) is 7.61. The Morgan fingerprint density at radius 3 is 3.06 bits per heavy atom. The molecule has 0 aromatic carbocycles. The van der Waals surface area contributed by atoms with E-state index in [-0.39, 0.29) is 17.8 Å². The summed E-state index contributed by atoms with van der Waals surface area (Å²) < 4.78 is 0. The van der Waals surface area contributed by atoms with Crippen LogP contribution in [0.25, 0.3) is 10.4 Å². The van der Waals surface area contributed by atoms with Gasteiger partial charge in [-0.2, -0.15) is 5.26 Å². The van der Waals surface area contributed by atoms with Gasteiger partial charge in [0.25, 0.3) is 0 Å². The Morgan fingerprint density at radius 2 is 2.47 bits per heavy atom. The highest BCUT2D eigenvalue weighted by Gasteiger charge is 2.14. The molecule has 0 unspecified atom stereocenters. The van der Waals surface area contributed by atoms with Crippen LogP contribution in [0, 0.1) is 33.3 Å². The van der Waals surface area contributed by atoms with E-state index in [4.69, 9.17) is 10.8 Å². The van der Waals surface area contributed by atoms with E-state index in [2.05, 4.69) is 26.9 Å². The average Bonchev–Trinajstić information content (AvgIpc) is 2.34. The van der Waals surface area contributed by atoms with E-state index < -0.39 is 10.6 Å². The molecular formula is C9H4N6O2. The van der Waals surface area contributed by atoms with E-state index in [0.717, 1.165) is 6.07 Å². The first kappa shape index (κ1) is 12.0. The molecule has 0 saturated carbocycles. The summed E-state index contributed by atoms with van der Waals surface area (Å²) in [7, 11) is 0. The molecule has 0 aliphatic rings. The van der Waals surface area contributed by atoms with Crippen molar-refractivity contribution in [2.45, 2.75) is 0 Å². The van der Waals surface area contributed by atoms with Crippen molar-refractivity contribution in [2.24, 2.45) is 5.11 Å². The number of nitrogens with zero attached hydrogens (tertiary/aromatic N) is 6. The second-order valence-corrected chi connectivity index (χ2v) is 2.65. The summed E-state index contributed by atoms with van der Waals surface area (Å²) in [4.78, 5) is 16.0. The highest BCUT2D eigenvalue weighted by Crippen LogP contribution is 2.16. The zero-order valence-electron chi connectivity index (χ0n) is 8.36. The Balaban J connectivity index is 3.08. The normalized spacial score (nSPS) is 8.18. The molecule has 0 bridgehead atoms. The van der Waals surface area contributed by atoms with E-state index in [1.165, 1.54) is 6.20 Å². The predicted molar refractivity (Wildman–Crippen MR) is 56.5 cm³/mol. The number of nitro groups is 1. The van der Waals surface area contributed by atoms with Crippen molar-refractivity contribution in [1.82, 2.24) is 4.98 Å². The van der Waals surface area contributed by atoms with Crippen molar-refractivity contribution >= 4 is 5.69 Å². The molecule has 1 heterocycles. The van der Waals surface area contributed by atoms with Gasteiger partial charge in [-0.15, -0.1) is 0 Å². The molecule has 8 nitrogen and oxygen atoms in total. The van der Waals surface area contributed by atoms with E-state index in [9.17, 15) is 10.1 Å². The Labute approximate surface area is 95.3 Å². The van der Waals surface area contributed by atoms with Gasteiger partial charge in [0.15, 0.2) is 0 Å². The van der Waals surface area contributed by atoms with Gasteiger partial charge in [-0.25, -0.2) is 4.98 Å². The van der Waals surface area contributed by atoms with Crippen LogP contribution in [0.1, 0.15) is 11.3 Å². The summed E-state index contributed by atoms with van der Waals surface area (Å²) in [5, 5.41) is 22.4. The lowest BCUT2D eigenvalue weighted by molar-refractivity contribution is -0.385. The van der Waals surface area contributed by atoms with Gasteiger partial charge in [-0.3, -0.25) is 10.1 Å². The number of hydrogen-bond acceptors (Lipinski definition) is 5. The van der Waals surface area contributed by atoms with Crippen molar-refractivity contribution in [1.29, 1.82) is 5.26 Å². The molecule has 1 aromatic rings. The second kappa shape index (κ2) is 5.71. The minimum Gasteiger partial charge on any atom is -0.258 e. The maximum Gasteiger partial charge on any atom is 0.306 e. The molecule has 0 fully saturated rings. The van der Waals surface area contributed by atoms with Crippen molar-refractivity contribution in [3.05, 3.63) is 44.1 Å². The second-order valence-electron chi connectivity index (χ2n) is 2.65. The van der Waals surface area contributed by atoms with Crippen LogP contribution in [-0.2, 0) is 0 Å². The summed E-state index contributed by atoms with van der Waals surface area (Å²) >= 11 is 0. The van der Waals surface area contributed by atoms with Crippen LogP contribution in [0.5, 0.6) is 0 Å². The Hall–Kier alpha value is -3.09. The molecule has 0 atom stereocenters. The van der Waals surface area contributed by atoms with E-state index in [1.54, 1.807) is 6.07 Å². The number of hydrogen-bond donors (Lipinski definition) is 0. The van der Waals surface area contributed by atoms with Crippen molar-refractivity contribution in [3.63, 3.8) is 0 Å². The molecule has 1 rings (SSSR count). The molecule has 8 heteroatoms. The molecule has 17 heavy (non-hydrogen) atoms. The molecule has 0 radical (unpaired) electrons. The molecule has 1 aromatic heterocycles. The van der Waals surface area contributed by atoms with Crippen molar-refractivity contribution in [2.75, 3.05) is 6.54 Å². The topological polar surface area (TPSA) is 129 Å². The zero-order chi connectivity index (χ0) is 12.7. The van der Waals surface area contributed by atoms with Gasteiger partial charge in [0, 0.05) is 22.7 Å². The van der Waals surface area contributed by atoms with Crippen LogP contribution in [0.3, 0.4) is 0 Å². The van der Waals surface area contributed by atoms with Crippen LogP contribution in [0.15, 0.2) is 17.4 Å². The minimum absolute atomic E-state index is 0.0374. The fourth-order valence-electron chi connectivity index (χ4n) is 0.955. The lowest BCUT2D eigenvalue weighted by Crippen LogP contribution is -1.96. The van der Waals surface area contributed by atoms with Crippen LogP contribution >= 0.6 is 0 Å². The highest BCUT2D eigenvalue weighted by molar-refractivity contribution is 5.49. The summed E-state index contributed by atoms with van der Waals surface area (Å²) in [6.07, 6.45) is 1.24. The summed E-state index contributed by atoms with van der Waals surface area (Å²) in [5.74, 6) is 5.03. The van der Waals surface area contributed by atoms with E-state index in [0.29, 0.717) is 0 Å². The fraction of sp³-hybridized carbons (Fsp3) is 0.111. The van der Waals surface area contributed by atoms with Gasteiger partial charge < -0.3 is 0 Å². The maximum atomic E-state index is 10.6. The molecule has 0 amide bonds. The van der Waals surface area contributed by atoms with Gasteiger partial charge >= 0.3 is 5.69 Å². The molecule has 0 aliphatic heterocycles. The molecule has 0 N–H and O–H groups in total. The number of rotatable bonds is 2. The first-order chi connectivity index (χ1) is 8.19.